The van der Waals surface area contributed by atoms with Crippen molar-refractivity contribution in [3.05, 3.63) is 93.2 Å². The fourth-order valence-corrected chi connectivity index (χ4v) is 3.52. The first-order valence-electron chi connectivity index (χ1n) is 9.56. The zero-order chi connectivity index (χ0) is 20.6. The fraction of sp³-hybridized carbons (Fsp3) is 0.250. The summed E-state index contributed by atoms with van der Waals surface area (Å²) in [6, 6.07) is 18.9. The van der Waals surface area contributed by atoms with Crippen LogP contribution in [-0.4, -0.2) is 13.7 Å². The van der Waals surface area contributed by atoms with Crippen molar-refractivity contribution in [3.63, 3.8) is 0 Å². The molecule has 0 aliphatic carbocycles. The van der Waals surface area contributed by atoms with E-state index in [9.17, 15) is 4.39 Å². The van der Waals surface area contributed by atoms with Gasteiger partial charge in [0.2, 0.25) is 0 Å². The molecule has 0 saturated carbocycles. The van der Waals surface area contributed by atoms with Crippen LogP contribution in [0.2, 0.25) is 0 Å². The van der Waals surface area contributed by atoms with Crippen molar-refractivity contribution in [3.8, 4) is 11.5 Å². The Morgan fingerprint density at radius 3 is 2.38 bits per heavy atom. The molecule has 0 spiro atoms. The maximum Gasteiger partial charge on any atom is 0.162 e. The van der Waals surface area contributed by atoms with Crippen molar-refractivity contribution >= 4 is 15.9 Å². The molecule has 0 saturated heterocycles. The van der Waals surface area contributed by atoms with Crippen LogP contribution in [-0.2, 0) is 19.6 Å². The van der Waals surface area contributed by atoms with E-state index in [1.807, 2.05) is 36.4 Å². The number of halogens is 2. The Kier molecular flexibility index (Phi) is 7.67. The third kappa shape index (κ3) is 5.81. The molecular formula is C24H25BrFNO2. The van der Waals surface area contributed by atoms with Gasteiger partial charge in [0.05, 0.1) is 7.11 Å². The van der Waals surface area contributed by atoms with Crippen LogP contribution in [0.5, 0.6) is 11.5 Å². The van der Waals surface area contributed by atoms with Gasteiger partial charge in [-0.3, -0.25) is 0 Å². The van der Waals surface area contributed by atoms with Gasteiger partial charge in [-0.1, -0.05) is 58.4 Å². The number of methoxy groups -OCH3 is 1. The highest BCUT2D eigenvalue weighted by atomic mass is 79.9. The number of aryl methyl sites for hydroxylation is 1. The molecule has 0 unspecified atom stereocenters. The molecule has 0 radical (unpaired) electrons. The molecule has 0 aliphatic rings. The second-order valence-corrected chi connectivity index (χ2v) is 7.68. The van der Waals surface area contributed by atoms with Crippen molar-refractivity contribution in [1.29, 1.82) is 0 Å². The maximum absolute atomic E-state index is 13.7. The normalized spacial score (nSPS) is 10.8. The first kappa shape index (κ1) is 21.3. The van der Waals surface area contributed by atoms with Crippen LogP contribution < -0.4 is 14.8 Å². The zero-order valence-corrected chi connectivity index (χ0v) is 18.3. The van der Waals surface area contributed by atoms with E-state index in [-0.39, 0.29) is 5.82 Å². The van der Waals surface area contributed by atoms with Crippen LogP contribution in [0.3, 0.4) is 0 Å². The van der Waals surface area contributed by atoms with Crippen LogP contribution in [0.4, 0.5) is 4.39 Å². The lowest BCUT2D eigenvalue weighted by Crippen LogP contribution is -2.17. The summed E-state index contributed by atoms with van der Waals surface area (Å²) in [6.07, 6.45) is 0.638. The largest absolute Gasteiger partial charge is 0.493 e. The fourth-order valence-electron chi connectivity index (χ4n) is 3.06. The van der Waals surface area contributed by atoms with E-state index in [2.05, 4.69) is 40.3 Å². The second-order valence-electron chi connectivity index (χ2n) is 6.83. The van der Waals surface area contributed by atoms with Crippen molar-refractivity contribution < 1.29 is 13.9 Å². The predicted molar refractivity (Wildman–Crippen MR) is 118 cm³/mol. The number of rotatable bonds is 9. The van der Waals surface area contributed by atoms with Gasteiger partial charge < -0.3 is 14.8 Å². The minimum absolute atomic E-state index is 0.160. The predicted octanol–water partition coefficient (Wildman–Crippen LogP) is 5.82. The Balaban J connectivity index is 1.60. The standard InChI is InChI=1S/C24H25BrFNO2/c1-17-7-3-4-9-19(17)16-29-24-14-21(25)20(13-23(24)28-2)15-27-12-11-18-8-5-6-10-22(18)26/h3-10,13-14,27H,11-12,15-16H2,1-2H3. The monoisotopic (exact) mass is 457 g/mol. The van der Waals surface area contributed by atoms with E-state index < -0.39 is 0 Å². The highest BCUT2D eigenvalue weighted by Gasteiger charge is 2.11. The molecule has 29 heavy (non-hydrogen) atoms. The molecule has 0 amide bonds. The lowest BCUT2D eigenvalue weighted by atomic mass is 10.1. The molecule has 3 nitrogen and oxygen atoms in total. The molecule has 0 aliphatic heterocycles. The Morgan fingerprint density at radius 1 is 0.931 bits per heavy atom. The molecule has 0 heterocycles. The summed E-state index contributed by atoms with van der Waals surface area (Å²) >= 11 is 3.62. The highest BCUT2D eigenvalue weighted by molar-refractivity contribution is 9.10. The third-order valence-corrected chi connectivity index (χ3v) is 5.56. The van der Waals surface area contributed by atoms with Crippen molar-refractivity contribution in [1.82, 2.24) is 5.32 Å². The summed E-state index contributed by atoms with van der Waals surface area (Å²) in [5, 5.41) is 3.36. The van der Waals surface area contributed by atoms with Crippen LogP contribution in [0.15, 0.2) is 65.1 Å². The van der Waals surface area contributed by atoms with Gasteiger partial charge in [-0.2, -0.15) is 0 Å². The Bertz CT molecular complexity index is 961. The quantitative estimate of drug-likeness (QED) is 0.410. The van der Waals surface area contributed by atoms with Crippen molar-refractivity contribution in [2.75, 3.05) is 13.7 Å². The molecular weight excluding hydrogens is 433 g/mol. The first-order chi connectivity index (χ1) is 14.1. The summed E-state index contributed by atoms with van der Waals surface area (Å²) in [5.41, 5.74) is 4.11. The number of hydrogen-bond acceptors (Lipinski definition) is 3. The molecule has 5 heteroatoms. The van der Waals surface area contributed by atoms with Gasteiger partial charge in [0.15, 0.2) is 11.5 Å². The van der Waals surface area contributed by atoms with Crippen LogP contribution in [0, 0.1) is 12.7 Å². The molecule has 152 valence electrons. The third-order valence-electron chi connectivity index (χ3n) is 4.82. The van der Waals surface area contributed by atoms with Gasteiger partial charge in [-0.25, -0.2) is 4.39 Å². The SMILES string of the molecule is COc1cc(CNCCc2ccccc2F)c(Br)cc1OCc1ccccc1C. The van der Waals surface area contributed by atoms with E-state index in [1.54, 1.807) is 13.2 Å². The lowest BCUT2D eigenvalue weighted by Gasteiger charge is -2.15. The molecule has 1 N–H and O–H groups in total. The number of nitrogens with one attached hydrogen (secondary N) is 1. The van der Waals surface area contributed by atoms with E-state index in [0.29, 0.717) is 37.6 Å². The highest BCUT2D eigenvalue weighted by Crippen LogP contribution is 2.34. The second kappa shape index (κ2) is 10.4. The average molecular weight is 458 g/mol. The Labute approximate surface area is 180 Å². The molecule has 0 aromatic heterocycles. The van der Waals surface area contributed by atoms with Gasteiger partial charge in [0.1, 0.15) is 12.4 Å². The molecule has 3 rings (SSSR count). The summed E-state index contributed by atoms with van der Waals surface area (Å²) in [5.74, 6) is 1.22. The first-order valence-corrected chi connectivity index (χ1v) is 10.4. The lowest BCUT2D eigenvalue weighted by molar-refractivity contribution is 0.283. The van der Waals surface area contributed by atoms with Crippen LogP contribution in [0.25, 0.3) is 0 Å². The molecule has 0 fully saturated rings. The van der Waals surface area contributed by atoms with E-state index in [0.717, 1.165) is 21.2 Å². The number of hydrogen-bond donors (Lipinski definition) is 1. The van der Waals surface area contributed by atoms with Gasteiger partial charge in [-0.15, -0.1) is 0 Å². The Hall–Kier alpha value is -2.37. The van der Waals surface area contributed by atoms with E-state index in [1.165, 1.54) is 11.6 Å². The number of benzene rings is 3. The molecule has 0 atom stereocenters. The van der Waals surface area contributed by atoms with Gasteiger partial charge >= 0.3 is 0 Å². The average Bonchev–Trinajstić information content (AvgIpc) is 2.73. The minimum Gasteiger partial charge on any atom is -0.493 e. The smallest absolute Gasteiger partial charge is 0.162 e. The maximum atomic E-state index is 13.7. The van der Waals surface area contributed by atoms with Gasteiger partial charge in [0, 0.05) is 11.0 Å². The van der Waals surface area contributed by atoms with Gasteiger partial charge in [-0.05, 0) is 60.3 Å². The van der Waals surface area contributed by atoms with Crippen LogP contribution in [0.1, 0.15) is 22.3 Å². The summed E-state index contributed by atoms with van der Waals surface area (Å²) in [7, 11) is 1.64. The summed E-state index contributed by atoms with van der Waals surface area (Å²) in [6.45, 7) is 3.88. The Morgan fingerprint density at radius 2 is 1.66 bits per heavy atom. The topological polar surface area (TPSA) is 30.5 Å². The minimum atomic E-state index is -0.160. The number of ether oxygens (including phenoxy) is 2. The molecule has 3 aromatic carbocycles. The van der Waals surface area contributed by atoms with E-state index >= 15 is 0 Å². The van der Waals surface area contributed by atoms with Gasteiger partial charge in [0.25, 0.3) is 0 Å². The summed E-state index contributed by atoms with van der Waals surface area (Å²) in [4.78, 5) is 0. The van der Waals surface area contributed by atoms with Crippen molar-refractivity contribution in [2.45, 2.75) is 26.5 Å². The van der Waals surface area contributed by atoms with E-state index in [4.69, 9.17) is 9.47 Å². The molecule has 3 aromatic rings. The molecule has 0 bridgehead atoms. The zero-order valence-electron chi connectivity index (χ0n) is 16.7. The summed E-state index contributed by atoms with van der Waals surface area (Å²) < 4.78 is 26.2. The van der Waals surface area contributed by atoms with Crippen molar-refractivity contribution in [2.24, 2.45) is 0 Å². The van der Waals surface area contributed by atoms with Crippen LogP contribution >= 0.6 is 15.9 Å².